The van der Waals surface area contributed by atoms with Crippen molar-refractivity contribution in [1.29, 1.82) is 0 Å². The standard InChI is InChI=1S/C22H18N4S.BrH.H2O/c1-17(20-14-8-9-15-23-20)24-25-22-26(19-12-6-3-7-13-19)21(16-27-22)18-10-4-2-5-11-18;;/h2-16H,1H3;1H;1H2/b24-17+;;. The van der Waals surface area contributed by atoms with Crippen molar-refractivity contribution in [3.05, 3.63) is 96.1 Å². The summed E-state index contributed by atoms with van der Waals surface area (Å²) in [5, 5.41) is 7.64. The number of pyridine rings is 1. The Hall–Kier alpha value is -2.87. The number of benzene rings is 2. The van der Waals surface area contributed by atoms with Crippen LogP contribution < -0.4 is 27.0 Å². The molecule has 0 saturated heterocycles. The molecule has 148 valence electrons. The van der Waals surface area contributed by atoms with Gasteiger partial charge in [0.2, 0.25) is 0 Å². The average Bonchev–Trinajstić information content (AvgIpc) is 3.18. The first-order chi connectivity index (χ1) is 13.3. The minimum absolute atomic E-state index is 0. The molecule has 5 nitrogen and oxygen atoms in total. The van der Waals surface area contributed by atoms with Gasteiger partial charge in [-0.3, -0.25) is 4.98 Å². The lowest BCUT2D eigenvalue weighted by molar-refractivity contribution is -0.564. The molecular formula is C22H21BrN4OS. The molecular weight excluding hydrogens is 448 g/mol. The summed E-state index contributed by atoms with van der Waals surface area (Å²) in [4.78, 5) is 4.35. The molecule has 0 aliphatic heterocycles. The molecule has 0 spiro atoms. The van der Waals surface area contributed by atoms with Crippen molar-refractivity contribution in [3.63, 3.8) is 0 Å². The van der Waals surface area contributed by atoms with Gasteiger partial charge < -0.3 is 22.5 Å². The summed E-state index contributed by atoms with van der Waals surface area (Å²) in [7, 11) is 0. The monoisotopic (exact) mass is 468 g/mol. The van der Waals surface area contributed by atoms with Crippen molar-refractivity contribution >= 4 is 22.2 Å². The number of para-hydroxylation sites is 1. The Balaban J connectivity index is 0.00000150. The second kappa shape index (κ2) is 10.6. The van der Waals surface area contributed by atoms with Gasteiger partial charge in [-0.25, -0.2) is 0 Å². The fourth-order valence-corrected chi connectivity index (χ4v) is 3.68. The zero-order chi connectivity index (χ0) is 18.5. The van der Waals surface area contributed by atoms with E-state index in [1.807, 2.05) is 49.4 Å². The van der Waals surface area contributed by atoms with E-state index >= 15 is 0 Å². The van der Waals surface area contributed by atoms with Crippen LogP contribution in [0.5, 0.6) is 0 Å². The van der Waals surface area contributed by atoms with Gasteiger partial charge in [0, 0.05) is 17.1 Å². The van der Waals surface area contributed by atoms with E-state index in [9.17, 15) is 0 Å². The van der Waals surface area contributed by atoms with Crippen LogP contribution in [0.15, 0.2) is 95.5 Å². The maximum absolute atomic E-state index is 4.55. The molecule has 0 amide bonds. The molecule has 4 rings (SSSR count). The van der Waals surface area contributed by atoms with Crippen LogP contribution in [-0.2, 0) is 0 Å². The van der Waals surface area contributed by atoms with E-state index in [1.165, 1.54) is 0 Å². The molecule has 2 aromatic heterocycles. The van der Waals surface area contributed by atoms with E-state index < -0.39 is 0 Å². The molecule has 29 heavy (non-hydrogen) atoms. The number of halogens is 1. The fraction of sp³-hybridized carbons (Fsp3) is 0.0455. The van der Waals surface area contributed by atoms with Crippen LogP contribution in [0.3, 0.4) is 0 Å². The number of nitrogens with one attached hydrogen (secondary N) is 1. The Morgan fingerprint density at radius 1 is 0.931 bits per heavy atom. The Bertz CT molecular complexity index is 1050. The molecule has 3 N–H and O–H groups in total. The second-order valence-electron chi connectivity index (χ2n) is 5.99. The predicted octanol–water partition coefficient (Wildman–Crippen LogP) is 1.10. The largest absolute Gasteiger partial charge is 1.00 e. The van der Waals surface area contributed by atoms with Crippen LogP contribution in [0.25, 0.3) is 16.9 Å². The predicted molar refractivity (Wildman–Crippen MR) is 115 cm³/mol. The van der Waals surface area contributed by atoms with E-state index in [-0.39, 0.29) is 22.5 Å². The zero-order valence-corrected chi connectivity index (χ0v) is 18.2. The Morgan fingerprint density at radius 2 is 1.59 bits per heavy atom. The molecule has 0 unspecified atom stereocenters. The van der Waals surface area contributed by atoms with Gasteiger partial charge in [-0.2, -0.15) is 4.57 Å². The SMILES string of the molecule is C/C(=N\Nc1scc(-c2ccccc2)[n+]1-c1ccccc1)c1ccccn1.O.[Br-]. The lowest BCUT2D eigenvalue weighted by Crippen LogP contribution is -3.00. The van der Waals surface area contributed by atoms with Crippen molar-refractivity contribution < 1.29 is 27.0 Å². The van der Waals surface area contributed by atoms with E-state index in [2.05, 4.69) is 61.9 Å². The highest BCUT2D eigenvalue weighted by Crippen LogP contribution is 2.25. The highest BCUT2D eigenvalue weighted by atomic mass is 79.9. The third-order valence-electron chi connectivity index (χ3n) is 4.16. The van der Waals surface area contributed by atoms with E-state index in [0.29, 0.717) is 0 Å². The Labute approximate surface area is 184 Å². The Kier molecular flexibility index (Phi) is 8.21. The van der Waals surface area contributed by atoms with Crippen molar-refractivity contribution in [1.82, 2.24) is 4.98 Å². The molecule has 2 aromatic carbocycles. The number of hydrogen-bond acceptors (Lipinski definition) is 4. The number of nitrogens with zero attached hydrogens (tertiary/aromatic N) is 3. The summed E-state index contributed by atoms with van der Waals surface area (Å²) in [6.07, 6.45) is 1.77. The third-order valence-corrected chi connectivity index (χ3v) is 5.00. The molecule has 0 fully saturated rings. The van der Waals surface area contributed by atoms with Gasteiger partial charge >= 0.3 is 5.13 Å². The van der Waals surface area contributed by atoms with Crippen LogP contribution in [0.2, 0.25) is 0 Å². The summed E-state index contributed by atoms with van der Waals surface area (Å²) >= 11 is 1.63. The Morgan fingerprint density at radius 3 is 2.24 bits per heavy atom. The van der Waals surface area contributed by atoms with E-state index in [4.69, 9.17) is 0 Å². The second-order valence-corrected chi connectivity index (χ2v) is 6.85. The molecule has 0 saturated carbocycles. The zero-order valence-electron chi connectivity index (χ0n) is 15.8. The molecule has 0 bridgehead atoms. The summed E-state index contributed by atoms with van der Waals surface area (Å²) in [6.45, 7) is 1.95. The fourth-order valence-electron chi connectivity index (χ4n) is 2.81. The van der Waals surface area contributed by atoms with E-state index in [1.54, 1.807) is 17.5 Å². The topological polar surface area (TPSA) is 72.7 Å². The average molecular weight is 469 g/mol. The van der Waals surface area contributed by atoms with Gasteiger partial charge in [0.05, 0.1) is 5.69 Å². The first-order valence-electron chi connectivity index (χ1n) is 8.69. The first kappa shape index (κ1) is 22.4. The minimum atomic E-state index is 0. The number of rotatable bonds is 5. The van der Waals surface area contributed by atoms with Crippen molar-refractivity contribution in [2.45, 2.75) is 6.92 Å². The number of hydrogen-bond donors (Lipinski definition) is 1. The maximum Gasteiger partial charge on any atom is 0.364 e. The summed E-state index contributed by atoms with van der Waals surface area (Å²) in [5.74, 6) is 0. The van der Waals surface area contributed by atoms with E-state index in [0.717, 1.165) is 33.5 Å². The smallest absolute Gasteiger partial charge is 0.364 e. The summed E-state index contributed by atoms with van der Waals surface area (Å²) < 4.78 is 2.19. The molecule has 0 radical (unpaired) electrons. The van der Waals surface area contributed by atoms with Gasteiger partial charge in [-0.05, 0) is 31.2 Å². The highest BCUT2D eigenvalue weighted by Gasteiger charge is 2.21. The quantitative estimate of drug-likeness (QED) is 0.270. The van der Waals surface area contributed by atoms with Crippen LogP contribution in [0.4, 0.5) is 5.13 Å². The number of thiazole rings is 1. The number of aromatic nitrogens is 2. The molecule has 7 heteroatoms. The molecule has 2 heterocycles. The molecule has 0 atom stereocenters. The molecule has 0 aliphatic carbocycles. The maximum atomic E-state index is 4.55. The molecule has 0 aliphatic rings. The molecule has 4 aromatic rings. The van der Waals surface area contributed by atoms with Crippen molar-refractivity contribution in [3.8, 4) is 16.9 Å². The summed E-state index contributed by atoms with van der Waals surface area (Å²) in [5.41, 5.74) is 8.30. The lowest BCUT2D eigenvalue weighted by atomic mass is 10.1. The van der Waals surface area contributed by atoms with Gasteiger partial charge in [0.15, 0.2) is 5.69 Å². The normalized spacial score (nSPS) is 10.6. The number of anilines is 1. The van der Waals surface area contributed by atoms with Gasteiger partial charge in [-0.15, -0.1) is 5.43 Å². The first-order valence-corrected chi connectivity index (χ1v) is 9.57. The van der Waals surface area contributed by atoms with Crippen molar-refractivity contribution in [2.24, 2.45) is 5.10 Å². The van der Waals surface area contributed by atoms with Crippen LogP contribution in [0, 0.1) is 0 Å². The summed E-state index contributed by atoms with van der Waals surface area (Å²) in [6, 6.07) is 26.5. The number of hydrazone groups is 1. The third kappa shape index (κ3) is 5.14. The minimum Gasteiger partial charge on any atom is -1.00 e. The van der Waals surface area contributed by atoms with Crippen LogP contribution >= 0.6 is 11.3 Å². The van der Waals surface area contributed by atoms with Gasteiger partial charge in [-0.1, -0.05) is 71.0 Å². The van der Waals surface area contributed by atoms with Crippen LogP contribution in [0.1, 0.15) is 12.6 Å². The van der Waals surface area contributed by atoms with Gasteiger partial charge in [0.1, 0.15) is 11.4 Å². The van der Waals surface area contributed by atoms with Gasteiger partial charge in [0.25, 0.3) is 0 Å². The van der Waals surface area contributed by atoms with Crippen molar-refractivity contribution in [2.75, 3.05) is 5.43 Å². The lowest BCUT2D eigenvalue weighted by Gasteiger charge is -2.05. The highest BCUT2D eigenvalue weighted by molar-refractivity contribution is 7.13. The van der Waals surface area contributed by atoms with Crippen LogP contribution in [-0.4, -0.2) is 16.2 Å².